The third-order valence-electron chi connectivity index (χ3n) is 2.49. The maximum atomic E-state index is 11.9. The standard InChI is InChI=1S/C10H15N3O2/c1-7-5-9(15-12-7)10(14)13-4-3-11-8(2)6-13/h5,8,11H,3-4,6H2,1-2H3. The van der Waals surface area contributed by atoms with Crippen LogP contribution in [-0.2, 0) is 0 Å². The number of nitrogens with one attached hydrogen (secondary N) is 1. The van der Waals surface area contributed by atoms with E-state index in [1.54, 1.807) is 17.9 Å². The van der Waals surface area contributed by atoms with E-state index in [9.17, 15) is 4.79 Å². The number of rotatable bonds is 1. The molecule has 15 heavy (non-hydrogen) atoms. The summed E-state index contributed by atoms with van der Waals surface area (Å²) in [5.41, 5.74) is 0.738. The third-order valence-corrected chi connectivity index (χ3v) is 2.49. The van der Waals surface area contributed by atoms with Crippen molar-refractivity contribution >= 4 is 5.91 Å². The number of amides is 1. The molecule has 2 heterocycles. The van der Waals surface area contributed by atoms with E-state index in [0.717, 1.165) is 25.3 Å². The van der Waals surface area contributed by atoms with Crippen LogP contribution in [0.15, 0.2) is 10.6 Å². The minimum Gasteiger partial charge on any atom is -0.351 e. The Kier molecular flexibility index (Phi) is 2.73. The number of hydrogen-bond donors (Lipinski definition) is 1. The molecule has 0 spiro atoms. The van der Waals surface area contributed by atoms with Crippen molar-refractivity contribution in [2.45, 2.75) is 19.9 Å². The van der Waals surface area contributed by atoms with Gasteiger partial charge in [-0.3, -0.25) is 4.79 Å². The topological polar surface area (TPSA) is 58.4 Å². The van der Waals surface area contributed by atoms with E-state index < -0.39 is 0 Å². The molecule has 2 rings (SSSR count). The number of aromatic nitrogens is 1. The van der Waals surface area contributed by atoms with Crippen molar-refractivity contribution in [2.75, 3.05) is 19.6 Å². The fraction of sp³-hybridized carbons (Fsp3) is 0.600. The highest BCUT2D eigenvalue weighted by atomic mass is 16.5. The van der Waals surface area contributed by atoms with Crippen molar-refractivity contribution in [1.82, 2.24) is 15.4 Å². The number of carbonyl (C=O) groups is 1. The van der Waals surface area contributed by atoms with E-state index in [4.69, 9.17) is 4.52 Å². The molecule has 0 bridgehead atoms. The van der Waals surface area contributed by atoms with E-state index in [1.165, 1.54) is 0 Å². The summed E-state index contributed by atoms with van der Waals surface area (Å²) < 4.78 is 4.95. The largest absolute Gasteiger partial charge is 0.351 e. The van der Waals surface area contributed by atoms with Crippen molar-refractivity contribution in [2.24, 2.45) is 0 Å². The van der Waals surface area contributed by atoms with Gasteiger partial charge in [0.15, 0.2) is 0 Å². The normalized spacial score (nSPS) is 21.7. The van der Waals surface area contributed by atoms with Gasteiger partial charge in [0.25, 0.3) is 5.91 Å². The number of nitrogens with zero attached hydrogens (tertiary/aromatic N) is 2. The molecule has 1 atom stereocenters. The molecular weight excluding hydrogens is 194 g/mol. The van der Waals surface area contributed by atoms with Crippen LogP contribution in [0.1, 0.15) is 23.2 Å². The van der Waals surface area contributed by atoms with Crippen LogP contribution in [0, 0.1) is 6.92 Å². The third kappa shape index (κ3) is 2.18. The fourth-order valence-corrected chi connectivity index (χ4v) is 1.74. The number of hydrogen-bond acceptors (Lipinski definition) is 4. The minimum atomic E-state index is -0.0658. The highest BCUT2D eigenvalue weighted by Crippen LogP contribution is 2.08. The first-order chi connectivity index (χ1) is 7.16. The average molecular weight is 209 g/mol. The van der Waals surface area contributed by atoms with Crippen molar-refractivity contribution in [3.63, 3.8) is 0 Å². The molecule has 0 radical (unpaired) electrons. The zero-order valence-corrected chi connectivity index (χ0v) is 8.99. The fourth-order valence-electron chi connectivity index (χ4n) is 1.74. The Morgan fingerprint density at radius 3 is 3.13 bits per heavy atom. The van der Waals surface area contributed by atoms with Gasteiger partial charge in [0.2, 0.25) is 5.76 Å². The number of carbonyl (C=O) groups excluding carboxylic acids is 1. The lowest BCUT2D eigenvalue weighted by molar-refractivity contribution is 0.0667. The highest BCUT2D eigenvalue weighted by Gasteiger charge is 2.24. The second-order valence-electron chi connectivity index (χ2n) is 3.94. The molecule has 1 aliphatic heterocycles. The Labute approximate surface area is 88.4 Å². The summed E-state index contributed by atoms with van der Waals surface area (Å²) in [6.07, 6.45) is 0. The summed E-state index contributed by atoms with van der Waals surface area (Å²) in [6.45, 7) is 6.15. The van der Waals surface area contributed by atoms with E-state index in [1.807, 2.05) is 0 Å². The SMILES string of the molecule is Cc1cc(C(=O)N2CCNC(C)C2)on1. The molecule has 0 aliphatic carbocycles. The van der Waals surface area contributed by atoms with Gasteiger partial charge in [-0.2, -0.15) is 0 Å². The lowest BCUT2D eigenvalue weighted by Crippen LogP contribution is -2.51. The van der Waals surface area contributed by atoms with Gasteiger partial charge in [0.05, 0.1) is 5.69 Å². The smallest absolute Gasteiger partial charge is 0.292 e. The molecule has 1 unspecified atom stereocenters. The predicted octanol–water partition coefficient (Wildman–Crippen LogP) is 0.417. The molecule has 1 aliphatic rings. The first-order valence-electron chi connectivity index (χ1n) is 5.13. The Bertz CT molecular complexity index is 361. The molecule has 0 saturated carbocycles. The van der Waals surface area contributed by atoms with Gasteiger partial charge in [-0.25, -0.2) is 0 Å². The second-order valence-corrected chi connectivity index (χ2v) is 3.94. The summed E-state index contributed by atoms with van der Waals surface area (Å²) in [4.78, 5) is 13.7. The van der Waals surface area contributed by atoms with Gasteiger partial charge < -0.3 is 14.7 Å². The average Bonchev–Trinajstić information content (AvgIpc) is 2.64. The van der Waals surface area contributed by atoms with Crippen LogP contribution < -0.4 is 5.32 Å². The minimum absolute atomic E-state index is 0.0658. The first kappa shape index (κ1) is 10.2. The first-order valence-corrected chi connectivity index (χ1v) is 5.13. The summed E-state index contributed by atoms with van der Waals surface area (Å²) >= 11 is 0. The molecule has 1 saturated heterocycles. The Hall–Kier alpha value is -1.36. The summed E-state index contributed by atoms with van der Waals surface area (Å²) in [5.74, 6) is 0.269. The van der Waals surface area contributed by atoms with Crippen LogP contribution in [-0.4, -0.2) is 41.6 Å². The zero-order valence-electron chi connectivity index (χ0n) is 8.99. The second kappa shape index (κ2) is 4.02. The van der Waals surface area contributed by atoms with Crippen LogP contribution in [0.25, 0.3) is 0 Å². The van der Waals surface area contributed by atoms with Crippen LogP contribution in [0.3, 0.4) is 0 Å². The molecule has 5 heteroatoms. The van der Waals surface area contributed by atoms with E-state index in [2.05, 4.69) is 17.4 Å². The molecule has 0 aromatic carbocycles. The molecule has 1 fully saturated rings. The number of piperazine rings is 1. The van der Waals surface area contributed by atoms with Gasteiger partial charge >= 0.3 is 0 Å². The Morgan fingerprint density at radius 1 is 1.73 bits per heavy atom. The Morgan fingerprint density at radius 2 is 2.53 bits per heavy atom. The van der Waals surface area contributed by atoms with E-state index in [-0.39, 0.29) is 5.91 Å². The van der Waals surface area contributed by atoms with Crippen molar-refractivity contribution in [1.29, 1.82) is 0 Å². The predicted molar refractivity (Wildman–Crippen MR) is 54.6 cm³/mol. The van der Waals surface area contributed by atoms with Crippen molar-refractivity contribution in [3.05, 3.63) is 17.5 Å². The lowest BCUT2D eigenvalue weighted by Gasteiger charge is -2.31. The lowest BCUT2D eigenvalue weighted by atomic mass is 10.2. The Balaban J connectivity index is 2.07. The molecule has 5 nitrogen and oxygen atoms in total. The van der Waals surface area contributed by atoms with Crippen LogP contribution in [0.4, 0.5) is 0 Å². The van der Waals surface area contributed by atoms with E-state index in [0.29, 0.717) is 11.8 Å². The van der Waals surface area contributed by atoms with Gasteiger partial charge in [0.1, 0.15) is 0 Å². The van der Waals surface area contributed by atoms with E-state index >= 15 is 0 Å². The monoisotopic (exact) mass is 209 g/mol. The van der Waals surface area contributed by atoms with Crippen LogP contribution in [0.5, 0.6) is 0 Å². The highest BCUT2D eigenvalue weighted by molar-refractivity contribution is 5.91. The van der Waals surface area contributed by atoms with Crippen molar-refractivity contribution < 1.29 is 9.32 Å². The van der Waals surface area contributed by atoms with Gasteiger partial charge in [-0.1, -0.05) is 5.16 Å². The molecule has 1 N–H and O–H groups in total. The molecule has 1 aromatic heterocycles. The quantitative estimate of drug-likeness (QED) is 0.728. The molecule has 82 valence electrons. The zero-order chi connectivity index (χ0) is 10.8. The maximum Gasteiger partial charge on any atom is 0.292 e. The number of aryl methyl sites for hydroxylation is 1. The van der Waals surface area contributed by atoms with Gasteiger partial charge in [0, 0.05) is 31.7 Å². The summed E-state index contributed by atoms with van der Waals surface area (Å²) in [6, 6.07) is 2.02. The molecular formula is C10H15N3O2. The summed E-state index contributed by atoms with van der Waals surface area (Å²) in [5, 5.41) is 7.00. The van der Waals surface area contributed by atoms with Gasteiger partial charge in [-0.05, 0) is 13.8 Å². The molecule has 1 amide bonds. The van der Waals surface area contributed by atoms with Crippen LogP contribution >= 0.6 is 0 Å². The molecule has 1 aromatic rings. The van der Waals surface area contributed by atoms with Crippen molar-refractivity contribution in [3.8, 4) is 0 Å². The van der Waals surface area contributed by atoms with Gasteiger partial charge in [-0.15, -0.1) is 0 Å². The van der Waals surface area contributed by atoms with Crippen LogP contribution in [0.2, 0.25) is 0 Å². The maximum absolute atomic E-state index is 11.9. The summed E-state index contributed by atoms with van der Waals surface area (Å²) in [7, 11) is 0.